The fourth-order valence-corrected chi connectivity index (χ4v) is 2.98. The lowest BCUT2D eigenvalue weighted by atomic mass is 10.2. The number of aromatic nitrogens is 2. The highest BCUT2D eigenvalue weighted by Crippen LogP contribution is 2.26. The lowest BCUT2D eigenvalue weighted by Gasteiger charge is -2.30. The second kappa shape index (κ2) is 4.84. The van der Waals surface area contributed by atoms with Gasteiger partial charge >= 0.3 is 0 Å². The van der Waals surface area contributed by atoms with Crippen LogP contribution in [0.25, 0.3) is 0 Å². The van der Waals surface area contributed by atoms with Crippen LogP contribution in [-0.2, 0) is 0 Å². The summed E-state index contributed by atoms with van der Waals surface area (Å²) in [6, 6.07) is 0.308. The van der Waals surface area contributed by atoms with Crippen LogP contribution in [-0.4, -0.2) is 40.0 Å². The summed E-state index contributed by atoms with van der Waals surface area (Å²) in [5.41, 5.74) is 5.79. The zero-order valence-corrected chi connectivity index (χ0v) is 11.5. The number of hydrogen-bond donors (Lipinski definition) is 1. The first-order valence-electron chi connectivity index (χ1n) is 4.74. The Hall–Kier alpha value is -0.0800. The van der Waals surface area contributed by atoms with Crippen LogP contribution in [0.15, 0.2) is 6.20 Å². The maximum Gasteiger partial charge on any atom is 0.148 e. The molecule has 1 saturated heterocycles. The molecule has 2 rings (SSSR count). The first-order valence-corrected chi connectivity index (χ1v) is 6.97. The van der Waals surface area contributed by atoms with E-state index in [0.717, 1.165) is 21.7 Å². The molecule has 15 heavy (non-hydrogen) atoms. The molecule has 0 aromatic carbocycles. The summed E-state index contributed by atoms with van der Waals surface area (Å²) in [6.45, 7) is 1.09. The third kappa shape index (κ3) is 2.54. The molecule has 1 aromatic rings. The Morgan fingerprint density at radius 3 is 3.13 bits per heavy atom. The molecular formula is C9H13IN4S. The van der Waals surface area contributed by atoms with Gasteiger partial charge in [-0.1, -0.05) is 0 Å². The molecule has 0 aliphatic carbocycles. The first-order chi connectivity index (χ1) is 7.18. The average Bonchev–Trinajstić information content (AvgIpc) is 2.23. The van der Waals surface area contributed by atoms with Crippen molar-refractivity contribution in [2.45, 2.75) is 6.04 Å². The van der Waals surface area contributed by atoms with Crippen molar-refractivity contribution in [2.75, 3.05) is 30.8 Å². The fourth-order valence-electron chi connectivity index (χ4n) is 1.51. The Bertz CT molecular complexity index is 360. The summed E-state index contributed by atoms with van der Waals surface area (Å²) in [4.78, 5) is 11.0. The largest absolute Gasteiger partial charge is 0.383 e. The molecule has 6 heteroatoms. The van der Waals surface area contributed by atoms with Crippen LogP contribution >= 0.6 is 34.4 Å². The molecule has 0 amide bonds. The van der Waals surface area contributed by atoms with Crippen LogP contribution in [0.5, 0.6) is 0 Å². The maximum absolute atomic E-state index is 5.79. The van der Waals surface area contributed by atoms with Crippen LogP contribution in [0.2, 0.25) is 0 Å². The molecule has 1 atom stereocenters. The van der Waals surface area contributed by atoms with Crippen molar-refractivity contribution in [3.8, 4) is 0 Å². The van der Waals surface area contributed by atoms with Gasteiger partial charge in [0.25, 0.3) is 0 Å². The number of anilines is 1. The summed E-state index contributed by atoms with van der Waals surface area (Å²) < 4.78 is 0.919. The molecule has 0 bridgehead atoms. The fraction of sp³-hybridized carbons (Fsp3) is 0.556. The molecular weight excluding hydrogens is 323 g/mol. The monoisotopic (exact) mass is 336 g/mol. The molecule has 1 fully saturated rings. The number of rotatable bonds is 1. The minimum absolute atomic E-state index is 0.308. The molecule has 1 aliphatic heterocycles. The highest BCUT2D eigenvalue weighted by atomic mass is 127. The molecule has 1 aliphatic rings. The molecule has 2 heterocycles. The van der Waals surface area contributed by atoms with Gasteiger partial charge in [0.1, 0.15) is 11.6 Å². The van der Waals surface area contributed by atoms with Crippen molar-refractivity contribution in [1.82, 2.24) is 14.9 Å². The van der Waals surface area contributed by atoms with Crippen molar-refractivity contribution in [3.63, 3.8) is 0 Å². The van der Waals surface area contributed by atoms with E-state index in [0.29, 0.717) is 11.9 Å². The second-order valence-electron chi connectivity index (χ2n) is 3.53. The zero-order valence-electron chi connectivity index (χ0n) is 8.48. The van der Waals surface area contributed by atoms with E-state index in [1.165, 1.54) is 5.75 Å². The van der Waals surface area contributed by atoms with Crippen LogP contribution in [0.4, 0.5) is 5.82 Å². The number of hydrogen-bond acceptors (Lipinski definition) is 5. The molecule has 0 saturated carbocycles. The predicted octanol–water partition coefficient (Wildman–Crippen LogP) is 1.38. The van der Waals surface area contributed by atoms with Gasteiger partial charge in [-0.05, 0) is 29.6 Å². The third-order valence-electron chi connectivity index (χ3n) is 2.48. The van der Waals surface area contributed by atoms with Gasteiger partial charge in [0.05, 0.1) is 9.61 Å². The highest BCUT2D eigenvalue weighted by molar-refractivity contribution is 14.1. The Balaban J connectivity index is 2.24. The normalized spacial score (nSPS) is 22.9. The van der Waals surface area contributed by atoms with Crippen molar-refractivity contribution in [2.24, 2.45) is 0 Å². The minimum Gasteiger partial charge on any atom is -0.383 e. The number of nitrogens with two attached hydrogens (primary N) is 1. The van der Waals surface area contributed by atoms with E-state index in [9.17, 15) is 0 Å². The van der Waals surface area contributed by atoms with E-state index in [1.807, 2.05) is 11.8 Å². The van der Waals surface area contributed by atoms with Crippen molar-refractivity contribution >= 4 is 40.2 Å². The molecule has 0 radical (unpaired) electrons. The van der Waals surface area contributed by atoms with Crippen LogP contribution in [0.1, 0.15) is 11.9 Å². The summed E-state index contributed by atoms with van der Waals surface area (Å²) >= 11 is 4.10. The molecule has 1 aromatic heterocycles. The molecule has 2 N–H and O–H groups in total. The van der Waals surface area contributed by atoms with Gasteiger partial charge in [0.15, 0.2) is 0 Å². The zero-order chi connectivity index (χ0) is 10.8. The Labute approximate surface area is 107 Å². The van der Waals surface area contributed by atoms with E-state index >= 15 is 0 Å². The number of thioether (sulfide) groups is 1. The van der Waals surface area contributed by atoms with Gasteiger partial charge in [-0.25, -0.2) is 9.97 Å². The van der Waals surface area contributed by atoms with E-state index in [2.05, 4.69) is 44.5 Å². The van der Waals surface area contributed by atoms with Crippen molar-refractivity contribution in [1.29, 1.82) is 0 Å². The van der Waals surface area contributed by atoms with Gasteiger partial charge in [-0.15, -0.1) is 0 Å². The first kappa shape index (κ1) is 11.4. The summed E-state index contributed by atoms with van der Waals surface area (Å²) in [6.07, 6.45) is 1.80. The predicted molar refractivity (Wildman–Crippen MR) is 71.9 cm³/mol. The van der Waals surface area contributed by atoms with Gasteiger partial charge in [0, 0.05) is 24.2 Å². The van der Waals surface area contributed by atoms with Gasteiger partial charge in [-0.3, -0.25) is 4.90 Å². The number of nitrogens with zero attached hydrogens (tertiary/aromatic N) is 3. The number of halogens is 1. The summed E-state index contributed by atoms with van der Waals surface area (Å²) in [7, 11) is 2.11. The highest BCUT2D eigenvalue weighted by Gasteiger charge is 2.23. The number of nitrogen functional groups attached to an aromatic ring is 1. The van der Waals surface area contributed by atoms with Gasteiger partial charge in [0.2, 0.25) is 0 Å². The van der Waals surface area contributed by atoms with Crippen LogP contribution < -0.4 is 5.73 Å². The van der Waals surface area contributed by atoms with E-state index in [1.54, 1.807) is 6.20 Å². The molecule has 82 valence electrons. The van der Waals surface area contributed by atoms with Gasteiger partial charge in [-0.2, -0.15) is 11.8 Å². The van der Waals surface area contributed by atoms with E-state index in [4.69, 9.17) is 5.73 Å². The van der Waals surface area contributed by atoms with E-state index < -0.39 is 0 Å². The lowest BCUT2D eigenvalue weighted by molar-refractivity contribution is 0.264. The SMILES string of the molecule is CN1CCSCC1c1ncc(I)c(N)n1. The van der Waals surface area contributed by atoms with E-state index in [-0.39, 0.29) is 0 Å². The topological polar surface area (TPSA) is 55.0 Å². The second-order valence-corrected chi connectivity index (χ2v) is 5.84. The molecule has 1 unspecified atom stereocenters. The Morgan fingerprint density at radius 2 is 2.47 bits per heavy atom. The lowest BCUT2D eigenvalue weighted by Crippen LogP contribution is -2.34. The molecule has 4 nitrogen and oxygen atoms in total. The Kier molecular flexibility index (Phi) is 3.68. The van der Waals surface area contributed by atoms with Crippen molar-refractivity contribution in [3.05, 3.63) is 15.6 Å². The summed E-state index contributed by atoms with van der Waals surface area (Å²) in [5, 5.41) is 0. The standard InChI is InChI=1S/C9H13IN4S/c1-14-2-3-15-5-7(14)9-12-4-6(10)8(11)13-9/h4,7H,2-3,5H2,1H3,(H2,11,12,13). The smallest absolute Gasteiger partial charge is 0.148 e. The third-order valence-corrected chi connectivity index (χ3v) is 4.34. The minimum atomic E-state index is 0.308. The quantitative estimate of drug-likeness (QED) is 0.786. The van der Waals surface area contributed by atoms with Crippen LogP contribution in [0.3, 0.4) is 0 Å². The summed E-state index contributed by atoms with van der Waals surface area (Å²) in [5.74, 6) is 3.68. The average molecular weight is 336 g/mol. The van der Waals surface area contributed by atoms with Gasteiger partial charge < -0.3 is 5.73 Å². The Morgan fingerprint density at radius 1 is 1.67 bits per heavy atom. The molecule has 0 spiro atoms. The van der Waals surface area contributed by atoms with Crippen LogP contribution in [0, 0.1) is 3.57 Å². The maximum atomic E-state index is 5.79. The van der Waals surface area contributed by atoms with Crippen molar-refractivity contribution < 1.29 is 0 Å².